The fourth-order valence-electron chi connectivity index (χ4n) is 3.65. The van der Waals surface area contributed by atoms with Crippen LogP contribution in [0.2, 0.25) is 0 Å². The minimum atomic E-state index is 0.372. The Morgan fingerprint density at radius 3 is 2.89 bits per heavy atom. The zero-order valence-electron chi connectivity index (χ0n) is 14.5. The molecule has 0 saturated heterocycles. The van der Waals surface area contributed by atoms with Gasteiger partial charge in [-0.1, -0.05) is 11.8 Å². The molecule has 4 N–H and O–H groups in total. The second-order valence-electron chi connectivity index (χ2n) is 6.72. The number of nitrogens with one attached hydrogen (secondary N) is 2. The van der Waals surface area contributed by atoms with E-state index in [-0.39, 0.29) is 0 Å². The van der Waals surface area contributed by atoms with E-state index in [0.717, 1.165) is 53.1 Å². The number of rotatable bonds is 4. The molecule has 27 heavy (non-hydrogen) atoms. The predicted octanol–water partition coefficient (Wildman–Crippen LogP) is 2.80. The molecule has 0 bridgehead atoms. The van der Waals surface area contributed by atoms with Crippen LogP contribution in [0.15, 0.2) is 36.1 Å². The number of aromatic nitrogens is 8. The summed E-state index contributed by atoms with van der Waals surface area (Å²) in [4.78, 5) is 16.0. The standard InChI is InChI=1S/C17H19N9S/c18-16-23-17(25-24-16)27-12-3-1-11(2-4-12)26-8-10(7-22-26)14-13-5-6-19-15(13)21-9-20-14/h5-9,11-12H,1-4H2,(H,19,20,21)(H3,18,23,24,25). The summed E-state index contributed by atoms with van der Waals surface area (Å²) < 4.78 is 2.08. The van der Waals surface area contributed by atoms with Gasteiger partial charge in [0.1, 0.15) is 12.0 Å². The fourth-order valence-corrected chi connectivity index (χ4v) is 4.71. The number of H-pyrrole nitrogens is 2. The van der Waals surface area contributed by atoms with Crippen molar-refractivity contribution in [1.82, 2.24) is 39.9 Å². The molecule has 0 aliphatic heterocycles. The molecule has 0 amide bonds. The maximum Gasteiger partial charge on any atom is 0.216 e. The summed E-state index contributed by atoms with van der Waals surface area (Å²) in [5, 5.41) is 13.7. The van der Waals surface area contributed by atoms with Crippen LogP contribution in [0, 0.1) is 0 Å². The van der Waals surface area contributed by atoms with Crippen molar-refractivity contribution >= 4 is 28.7 Å². The van der Waals surface area contributed by atoms with Crippen molar-refractivity contribution in [2.24, 2.45) is 0 Å². The van der Waals surface area contributed by atoms with Crippen LogP contribution in [0.1, 0.15) is 31.7 Å². The lowest BCUT2D eigenvalue weighted by atomic mass is 9.95. The number of nitrogens with two attached hydrogens (primary N) is 1. The maximum absolute atomic E-state index is 5.59. The van der Waals surface area contributed by atoms with Gasteiger partial charge in [-0.15, -0.1) is 5.10 Å². The number of hydrogen-bond acceptors (Lipinski definition) is 7. The first-order valence-electron chi connectivity index (χ1n) is 8.93. The van der Waals surface area contributed by atoms with Gasteiger partial charge in [0, 0.05) is 28.6 Å². The Hall–Kier alpha value is -2.88. The van der Waals surface area contributed by atoms with E-state index in [2.05, 4.69) is 46.1 Å². The van der Waals surface area contributed by atoms with Crippen LogP contribution in [0.4, 0.5) is 5.95 Å². The Kier molecular flexibility index (Phi) is 4.04. The predicted molar refractivity (Wildman–Crippen MR) is 103 cm³/mol. The highest BCUT2D eigenvalue weighted by molar-refractivity contribution is 7.99. The first kappa shape index (κ1) is 16.3. The molecule has 9 nitrogen and oxygen atoms in total. The number of thioether (sulfide) groups is 1. The summed E-state index contributed by atoms with van der Waals surface area (Å²) in [5.74, 6) is 0.372. The van der Waals surface area contributed by atoms with Crippen LogP contribution in [-0.4, -0.2) is 45.2 Å². The SMILES string of the molecule is Nc1nc(SC2CCC(n3cc(-c4ncnc5[nH]ccc45)cn3)CC2)n[nH]1. The van der Waals surface area contributed by atoms with Gasteiger partial charge in [0.05, 0.1) is 17.9 Å². The Labute approximate surface area is 159 Å². The van der Waals surface area contributed by atoms with Crippen molar-refractivity contribution in [3.8, 4) is 11.3 Å². The van der Waals surface area contributed by atoms with E-state index in [4.69, 9.17) is 5.73 Å². The summed E-state index contributed by atoms with van der Waals surface area (Å²) in [6, 6.07) is 2.41. The van der Waals surface area contributed by atoms with E-state index in [9.17, 15) is 0 Å². The normalized spacial score (nSPS) is 20.3. The van der Waals surface area contributed by atoms with Crippen LogP contribution in [0.25, 0.3) is 22.3 Å². The van der Waals surface area contributed by atoms with Crippen molar-refractivity contribution in [3.63, 3.8) is 0 Å². The molecule has 5 rings (SSSR count). The summed E-state index contributed by atoms with van der Waals surface area (Å²) in [7, 11) is 0. The molecule has 0 aromatic carbocycles. The Morgan fingerprint density at radius 1 is 1.19 bits per heavy atom. The van der Waals surface area contributed by atoms with Gasteiger partial charge in [0.2, 0.25) is 11.1 Å². The first-order valence-corrected chi connectivity index (χ1v) is 9.81. The van der Waals surface area contributed by atoms with Gasteiger partial charge in [-0.3, -0.25) is 4.68 Å². The average molecular weight is 381 g/mol. The molecular weight excluding hydrogens is 362 g/mol. The molecule has 0 radical (unpaired) electrons. The topological polar surface area (TPSA) is 127 Å². The molecule has 4 aromatic heterocycles. The van der Waals surface area contributed by atoms with Crippen LogP contribution in [-0.2, 0) is 0 Å². The van der Waals surface area contributed by atoms with E-state index >= 15 is 0 Å². The third kappa shape index (κ3) is 3.16. The lowest BCUT2D eigenvalue weighted by Gasteiger charge is -2.27. The third-order valence-corrected chi connectivity index (χ3v) is 6.20. The highest BCUT2D eigenvalue weighted by atomic mass is 32.2. The van der Waals surface area contributed by atoms with E-state index < -0.39 is 0 Å². The molecule has 1 aliphatic carbocycles. The van der Waals surface area contributed by atoms with Gasteiger partial charge in [0.25, 0.3) is 0 Å². The van der Waals surface area contributed by atoms with Gasteiger partial charge in [-0.25, -0.2) is 15.1 Å². The fraction of sp³-hybridized carbons (Fsp3) is 0.353. The minimum Gasteiger partial charge on any atom is -0.368 e. The van der Waals surface area contributed by atoms with E-state index in [1.807, 2.05) is 18.5 Å². The first-order chi connectivity index (χ1) is 13.3. The minimum absolute atomic E-state index is 0.372. The molecule has 1 aliphatic rings. The zero-order valence-corrected chi connectivity index (χ0v) is 15.4. The quantitative estimate of drug-likeness (QED) is 0.496. The Morgan fingerprint density at radius 2 is 2.07 bits per heavy atom. The molecule has 10 heteroatoms. The molecule has 0 spiro atoms. The van der Waals surface area contributed by atoms with Crippen LogP contribution in [0.3, 0.4) is 0 Å². The van der Waals surface area contributed by atoms with Crippen molar-refractivity contribution in [3.05, 3.63) is 31.0 Å². The summed E-state index contributed by atoms with van der Waals surface area (Å²) >= 11 is 1.70. The van der Waals surface area contributed by atoms with Crippen molar-refractivity contribution in [2.75, 3.05) is 5.73 Å². The number of aromatic amines is 2. The average Bonchev–Trinajstić information content (AvgIpc) is 3.42. The monoisotopic (exact) mass is 381 g/mol. The maximum atomic E-state index is 5.59. The highest BCUT2D eigenvalue weighted by Gasteiger charge is 2.25. The summed E-state index contributed by atoms with van der Waals surface area (Å²) in [6.07, 6.45) is 11.8. The highest BCUT2D eigenvalue weighted by Crippen LogP contribution is 2.37. The van der Waals surface area contributed by atoms with E-state index in [0.29, 0.717) is 17.2 Å². The van der Waals surface area contributed by atoms with Gasteiger partial charge < -0.3 is 10.7 Å². The Bertz CT molecular complexity index is 1060. The Balaban J connectivity index is 1.28. The van der Waals surface area contributed by atoms with E-state index in [1.165, 1.54) is 0 Å². The van der Waals surface area contributed by atoms with Gasteiger partial charge in [-0.05, 0) is 31.7 Å². The number of fused-ring (bicyclic) bond motifs is 1. The van der Waals surface area contributed by atoms with Crippen molar-refractivity contribution < 1.29 is 0 Å². The lowest BCUT2D eigenvalue weighted by molar-refractivity contribution is 0.335. The number of anilines is 1. The van der Waals surface area contributed by atoms with Crippen LogP contribution < -0.4 is 5.73 Å². The number of hydrogen-bond donors (Lipinski definition) is 3. The molecule has 1 fully saturated rings. The van der Waals surface area contributed by atoms with Crippen molar-refractivity contribution in [2.45, 2.75) is 42.1 Å². The van der Waals surface area contributed by atoms with Crippen LogP contribution >= 0.6 is 11.8 Å². The number of nitrogens with zero attached hydrogens (tertiary/aromatic N) is 6. The second-order valence-corrected chi connectivity index (χ2v) is 7.99. The van der Waals surface area contributed by atoms with Gasteiger partial charge in [-0.2, -0.15) is 10.1 Å². The molecule has 0 atom stereocenters. The zero-order chi connectivity index (χ0) is 18.2. The number of nitrogen functional groups attached to an aromatic ring is 1. The molecule has 0 unspecified atom stereocenters. The van der Waals surface area contributed by atoms with E-state index in [1.54, 1.807) is 18.1 Å². The largest absolute Gasteiger partial charge is 0.368 e. The molecule has 4 heterocycles. The van der Waals surface area contributed by atoms with Crippen molar-refractivity contribution in [1.29, 1.82) is 0 Å². The molecular formula is C17H19N9S. The molecule has 138 valence electrons. The smallest absolute Gasteiger partial charge is 0.216 e. The van der Waals surface area contributed by atoms with Gasteiger partial charge >= 0.3 is 0 Å². The van der Waals surface area contributed by atoms with Gasteiger partial charge in [0.15, 0.2) is 0 Å². The summed E-state index contributed by atoms with van der Waals surface area (Å²) in [6.45, 7) is 0. The second kappa shape index (κ2) is 6.69. The third-order valence-electron chi connectivity index (χ3n) is 5.00. The summed E-state index contributed by atoms with van der Waals surface area (Å²) in [5.41, 5.74) is 8.38. The van der Waals surface area contributed by atoms with Crippen LogP contribution in [0.5, 0.6) is 0 Å². The molecule has 4 aromatic rings. The molecule has 1 saturated carbocycles. The lowest BCUT2D eigenvalue weighted by Crippen LogP contribution is -2.20.